The van der Waals surface area contributed by atoms with Gasteiger partial charge in [-0.05, 0) is 37.0 Å². The third-order valence-electron chi connectivity index (χ3n) is 2.19. The molecule has 1 rings (SSSR count). The van der Waals surface area contributed by atoms with E-state index in [4.69, 9.17) is 0 Å². The number of anilines is 1. The Balaban J connectivity index is 2.40. The zero-order chi connectivity index (χ0) is 12.5. The average Bonchev–Trinajstić information content (AvgIpc) is 2.30. The fourth-order valence-corrected chi connectivity index (χ4v) is 2.51. The van der Waals surface area contributed by atoms with Gasteiger partial charge in [0.25, 0.3) is 5.76 Å². The van der Waals surface area contributed by atoms with Crippen LogP contribution in [-0.2, 0) is 0 Å². The number of unbranched alkanes of at least 4 members (excludes halogenated alkanes) is 1. The minimum atomic E-state index is -2.37. The smallest absolute Gasteiger partial charge is 0.288 e. The maximum absolute atomic E-state index is 12.3. The van der Waals surface area contributed by atoms with E-state index in [0.717, 1.165) is 30.8 Å². The third kappa shape index (κ3) is 6.17. The fraction of sp³-hybridized carbons (Fsp3) is 0.500. The molecule has 0 saturated heterocycles. The first-order chi connectivity index (χ1) is 8.24. The zero-order valence-corrected chi connectivity index (χ0v) is 11.4. The third-order valence-corrected chi connectivity index (χ3v) is 3.68. The first-order valence-electron chi connectivity index (χ1n) is 5.50. The molecular weight excluding hydrogens is 260 g/mol. The molecule has 0 atom stereocenters. The molecule has 0 saturated carbocycles. The molecule has 0 fully saturated rings. The fourth-order valence-electron chi connectivity index (χ4n) is 1.41. The molecule has 0 heterocycles. The quantitative estimate of drug-likeness (QED) is 0.553. The van der Waals surface area contributed by atoms with Gasteiger partial charge in [-0.25, -0.2) is 0 Å². The molecule has 0 aliphatic carbocycles. The maximum atomic E-state index is 12.3. The number of thioether (sulfide) groups is 2. The van der Waals surface area contributed by atoms with E-state index in [1.54, 1.807) is 12.1 Å². The second-order valence-electron chi connectivity index (χ2n) is 3.50. The highest BCUT2D eigenvalue weighted by Crippen LogP contribution is 2.31. The van der Waals surface area contributed by atoms with E-state index >= 15 is 0 Å². The zero-order valence-electron chi connectivity index (χ0n) is 9.79. The van der Waals surface area contributed by atoms with Crippen molar-refractivity contribution in [2.24, 2.45) is 0 Å². The van der Waals surface area contributed by atoms with Crippen LogP contribution in [0.25, 0.3) is 0 Å². The summed E-state index contributed by atoms with van der Waals surface area (Å²) in [5.74, 6) is -1.22. The molecule has 96 valence electrons. The van der Waals surface area contributed by atoms with E-state index < -0.39 is 5.76 Å². The van der Waals surface area contributed by atoms with Crippen LogP contribution in [0, 0.1) is 0 Å². The molecule has 0 aromatic heterocycles. The molecule has 0 amide bonds. The van der Waals surface area contributed by atoms with Crippen LogP contribution in [0.1, 0.15) is 12.8 Å². The van der Waals surface area contributed by atoms with Crippen molar-refractivity contribution in [3.05, 3.63) is 24.3 Å². The highest BCUT2D eigenvalue weighted by Gasteiger charge is 2.08. The minimum absolute atomic E-state index is 0.593. The van der Waals surface area contributed by atoms with E-state index in [9.17, 15) is 8.78 Å². The molecule has 0 radical (unpaired) electrons. The number of hydrogen-bond acceptors (Lipinski definition) is 3. The van der Waals surface area contributed by atoms with Crippen molar-refractivity contribution in [2.75, 3.05) is 23.9 Å². The van der Waals surface area contributed by atoms with Crippen molar-refractivity contribution in [1.82, 2.24) is 0 Å². The number of hydrogen-bond donors (Lipinski definition) is 1. The van der Waals surface area contributed by atoms with E-state index in [2.05, 4.69) is 11.6 Å². The van der Waals surface area contributed by atoms with Crippen LogP contribution in [0.5, 0.6) is 0 Å². The number of halogens is 2. The second kappa shape index (κ2) is 8.64. The van der Waals surface area contributed by atoms with Gasteiger partial charge in [-0.15, -0.1) is 0 Å². The molecule has 1 nitrogen and oxygen atoms in total. The van der Waals surface area contributed by atoms with Crippen LogP contribution < -0.4 is 5.32 Å². The van der Waals surface area contributed by atoms with Crippen LogP contribution in [0.3, 0.4) is 0 Å². The first kappa shape index (κ1) is 14.6. The Bertz CT molecular complexity index is 321. The molecule has 5 heteroatoms. The lowest BCUT2D eigenvalue weighted by atomic mass is 10.3. The molecule has 0 spiro atoms. The largest absolute Gasteiger partial charge is 0.384 e. The van der Waals surface area contributed by atoms with Crippen LogP contribution in [-0.4, -0.2) is 24.3 Å². The van der Waals surface area contributed by atoms with Gasteiger partial charge in [0.1, 0.15) is 0 Å². The Kier molecular flexibility index (Phi) is 7.44. The van der Waals surface area contributed by atoms with Gasteiger partial charge >= 0.3 is 0 Å². The lowest BCUT2D eigenvalue weighted by Gasteiger charge is -2.10. The van der Waals surface area contributed by atoms with Crippen LogP contribution in [0.2, 0.25) is 0 Å². The van der Waals surface area contributed by atoms with E-state index in [1.807, 2.05) is 23.9 Å². The predicted molar refractivity (Wildman–Crippen MR) is 74.4 cm³/mol. The van der Waals surface area contributed by atoms with Gasteiger partial charge in [0, 0.05) is 17.1 Å². The number of alkyl halides is 2. The Hall–Kier alpha value is -0.420. The van der Waals surface area contributed by atoms with Gasteiger partial charge in [-0.2, -0.15) is 20.5 Å². The summed E-state index contributed by atoms with van der Waals surface area (Å²) in [6.45, 7) is 0.835. The summed E-state index contributed by atoms with van der Waals surface area (Å²) in [6, 6.07) is 7.21. The van der Waals surface area contributed by atoms with E-state index in [1.165, 1.54) is 0 Å². The van der Waals surface area contributed by atoms with Crippen LogP contribution >= 0.6 is 23.5 Å². The summed E-state index contributed by atoms with van der Waals surface area (Å²) in [5, 5.41) is 3.21. The minimum Gasteiger partial charge on any atom is -0.384 e. The van der Waals surface area contributed by atoms with Gasteiger partial charge in [0.05, 0.1) is 0 Å². The molecule has 0 unspecified atom stereocenters. The van der Waals surface area contributed by atoms with Crippen molar-refractivity contribution in [1.29, 1.82) is 0 Å². The van der Waals surface area contributed by atoms with E-state index in [-0.39, 0.29) is 0 Å². The Morgan fingerprint density at radius 1 is 1.24 bits per heavy atom. The molecular formula is C12H17F2NS2. The summed E-state index contributed by atoms with van der Waals surface area (Å²) in [4.78, 5) is 0.618. The van der Waals surface area contributed by atoms with Gasteiger partial charge in [0.15, 0.2) is 0 Å². The molecule has 1 aromatic rings. The predicted octanol–water partition coefficient (Wildman–Crippen LogP) is 4.56. The number of nitrogens with one attached hydrogen (secondary N) is 1. The Morgan fingerprint density at radius 2 is 2.00 bits per heavy atom. The molecule has 0 aliphatic rings. The van der Waals surface area contributed by atoms with Gasteiger partial charge < -0.3 is 5.32 Å². The van der Waals surface area contributed by atoms with Gasteiger partial charge in [0.2, 0.25) is 0 Å². The standard InChI is InChI=1S/C12H17F2NS2/c1-16-9-5-4-8-15-10-6-2-3-7-11(10)17-12(13)14/h2-3,6-7,12,15H,4-5,8-9H2,1H3. The summed E-state index contributed by atoms with van der Waals surface area (Å²) < 4.78 is 24.6. The summed E-state index contributed by atoms with van der Waals surface area (Å²) in [5.41, 5.74) is 0.807. The van der Waals surface area contributed by atoms with Crippen molar-refractivity contribution < 1.29 is 8.78 Å². The number of para-hydroxylation sites is 1. The van der Waals surface area contributed by atoms with Crippen molar-refractivity contribution >= 4 is 29.2 Å². The summed E-state index contributed by atoms with van der Waals surface area (Å²) >= 11 is 2.42. The van der Waals surface area contributed by atoms with E-state index in [0.29, 0.717) is 16.7 Å². The SMILES string of the molecule is CSCCCCNc1ccccc1SC(F)F. The average molecular weight is 277 g/mol. The molecule has 1 N–H and O–H groups in total. The molecule has 17 heavy (non-hydrogen) atoms. The van der Waals surface area contributed by atoms with Gasteiger partial charge in [-0.3, -0.25) is 0 Å². The van der Waals surface area contributed by atoms with Crippen LogP contribution in [0.15, 0.2) is 29.2 Å². The number of benzene rings is 1. The molecule has 0 aliphatic heterocycles. The normalized spacial score (nSPS) is 10.8. The highest BCUT2D eigenvalue weighted by atomic mass is 32.2. The first-order valence-corrected chi connectivity index (χ1v) is 7.78. The summed E-state index contributed by atoms with van der Waals surface area (Å²) in [6.07, 6.45) is 4.30. The second-order valence-corrected chi connectivity index (χ2v) is 5.52. The maximum Gasteiger partial charge on any atom is 0.288 e. The molecule has 1 aromatic carbocycles. The van der Waals surface area contributed by atoms with Gasteiger partial charge in [-0.1, -0.05) is 23.9 Å². The topological polar surface area (TPSA) is 12.0 Å². The Labute approximate surface area is 110 Å². The Morgan fingerprint density at radius 3 is 2.71 bits per heavy atom. The lowest BCUT2D eigenvalue weighted by molar-refractivity contribution is 0.252. The summed E-state index contributed by atoms with van der Waals surface area (Å²) in [7, 11) is 0. The lowest BCUT2D eigenvalue weighted by Crippen LogP contribution is -2.03. The monoisotopic (exact) mass is 277 g/mol. The van der Waals surface area contributed by atoms with Crippen molar-refractivity contribution in [3.63, 3.8) is 0 Å². The van der Waals surface area contributed by atoms with Crippen molar-refractivity contribution in [3.8, 4) is 0 Å². The molecule has 0 bridgehead atoms. The van der Waals surface area contributed by atoms with Crippen molar-refractivity contribution in [2.45, 2.75) is 23.5 Å². The highest BCUT2D eigenvalue weighted by molar-refractivity contribution is 7.99. The number of rotatable bonds is 8. The van der Waals surface area contributed by atoms with Crippen LogP contribution in [0.4, 0.5) is 14.5 Å².